The fourth-order valence-electron chi connectivity index (χ4n) is 2.32. The summed E-state index contributed by atoms with van der Waals surface area (Å²) in [5.41, 5.74) is 3.05. The number of hydrogen-bond donors (Lipinski definition) is 1. The Hall–Kier alpha value is -2.00. The molecule has 0 fully saturated rings. The molecule has 0 bridgehead atoms. The molecule has 0 aromatic heterocycles. The van der Waals surface area contributed by atoms with Crippen molar-refractivity contribution in [1.29, 1.82) is 0 Å². The highest BCUT2D eigenvalue weighted by molar-refractivity contribution is 6.33. The number of aromatic carboxylic acids is 1. The highest BCUT2D eigenvalue weighted by atomic mass is 35.5. The number of halogens is 1. The summed E-state index contributed by atoms with van der Waals surface area (Å²) in [5, 5.41) is 9.36. The van der Waals surface area contributed by atoms with E-state index in [1.165, 1.54) is 0 Å². The number of carboxylic acid groups (broad SMARTS) is 1. The fourth-order valence-corrected chi connectivity index (χ4v) is 2.56. The fraction of sp³-hybridized carbons (Fsp3) is 0.133. The van der Waals surface area contributed by atoms with Gasteiger partial charge in [0.25, 0.3) is 0 Å². The van der Waals surface area contributed by atoms with Crippen molar-refractivity contribution in [1.82, 2.24) is 0 Å². The first-order valence-electron chi connectivity index (χ1n) is 5.95. The van der Waals surface area contributed by atoms with Crippen LogP contribution in [0.4, 0.5) is 0 Å². The quantitative estimate of drug-likeness (QED) is 0.863. The molecule has 0 saturated heterocycles. The van der Waals surface area contributed by atoms with Crippen molar-refractivity contribution in [2.24, 2.45) is 0 Å². The van der Waals surface area contributed by atoms with Crippen LogP contribution >= 0.6 is 11.6 Å². The molecule has 1 aliphatic heterocycles. The van der Waals surface area contributed by atoms with Gasteiger partial charge in [-0.15, -0.1) is 0 Å². The maximum atomic E-state index is 11.2. The van der Waals surface area contributed by atoms with Gasteiger partial charge in [0, 0.05) is 18.1 Å². The Kier molecular flexibility index (Phi) is 2.91. The number of fused-ring (bicyclic) bond motifs is 3. The largest absolute Gasteiger partial charge is 0.493 e. The second kappa shape index (κ2) is 4.59. The standard InChI is InChI=1S/C15H11ClO3/c16-13-8-14-11(7-12(13)15(17)18)10-4-2-1-3-9(10)5-6-19-14/h1-4,7-8H,5-6H2,(H,17,18). The minimum Gasteiger partial charge on any atom is -0.493 e. The highest BCUT2D eigenvalue weighted by Crippen LogP contribution is 2.38. The summed E-state index contributed by atoms with van der Waals surface area (Å²) in [4.78, 5) is 11.2. The van der Waals surface area contributed by atoms with Crippen LogP contribution in [0.3, 0.4) is 0 Å². The number of ether oxygens (including phenoxy) is 1. The molecule has 0 atom stereocenters. The van der Waals surface area contributed by atoms with Crippen molar-refractivity contribution in [3.8, 4) is 16.9 Å². The minimum absolute atomic E-state index is 0.0979. The molecule has 0 amide bonds. The normalized spacial score (nSPS) is 12.9. The Labute approximate surface area is 115 Å². The molecular formula is C15H11ClO3. The molecule has 0 unspecified atom stereocenters. The monoisotopic (exact) mass is 274 g/mol. The lowest BCUT2D eigenvalue weighted by Gasteiger charge is -2.11. The Balaban J connectivity index is 2.28. The van der Waals surface area contributed by atoms with Crippen LogP contribution in [0, 0.1) is 0 Å². The molecule has 0 spiro atoms. The van der Waals surface area contributed by atoms with Gasteiger partial charge in [0.2, 0.25) is 0 Å². The number of benzene rings is 2. The summed E-state index contributed by atoms with van der Waals surface area (Å²) in [6.07, 6.45) is 0.797. The van der Waals surface area contributed by atoms with Crippen molar-refractivity contribution in [3.05, 3.63) is 52.5 Å². The van der Waals surface area contributed by atoms with Crippen LogP contribution < -0.4 is 4.74 Å². The van der Waals surface area contributed by atoms with E-state index in [9.17, 15) is 4.79 Å². The first-order valence-corrected chi connectivity index (χ1v) is 6.32. The third kappa shape index (κ3) is 2.06. The molecule has 2 aromatic rings. The van der Waals surface area contributed by atoms with E-state index in [-0.39, 0.29) is 10.6 Å². The predicted molar refractivity (Wildman–Crippen MR) is 73.0 cm³/mol. The van der Waals surface area contributed by atoms with Crippen molar-refractivity contribution in [2.45, 2.75) is 6.42 Å². The van der Waals surface area contributed by atoms with Gasteiger partial charge in [0.1, 0.15) is 5.75 Å². The smallest absolute Gasteiger partial charge is 0.337 e. The van der Waals surface area contributed by atoms with Gasteiger partial charge in [-0.25, -0.2) is 4.79 Å². The van der Waals surface area contributed by atoms with Crippen LogP contribution in [-0.2, 0) is 6.42 Å². The Morgan fingerprint density at radius 2 is 2.00 bits per heavy atom. The van der Waals surface area contributed by atoms with Crippen LogP contribution in [0.2, 0.25) is 5.02 Å². The molecular weight excluding hydrogens is 264 g/mol. The highest BCUT2D eigenvalue weighted by Gasteiger charge is 2.19. The van der Waals surface area contributed by atoms with Crippen LogP contribution in [0.5, 0.6) is 5.75 Å². The summed E-state index contributed by atoms with van der Waals surface area (Å²) in [7, 11) is 0. The predicted octanol–water partition coefficient (Wildman–Crippen LogP) is 3.64. The van der Waals surface area contributed by atoms with E-state index >= 15 is 0 Å². The van der Waals surface area contributed by atoms with Gasteiger partial charge in [-0.3, -0.25) is 0 Å². The second-order valence-corrected chi connectivity index (χ2v) is 4.80. The zero-order valence-corrected chi connectivity index (χ0v) is 10.8. The molecule has 3 nitrogen and oxygen atoms in total. The lowest BCUT2D eigenvalue weighted by atomic mass is 9.96. The first kappa shape index (κ1) is 12.1. The molecule has 1 heterocycles. The van der Waals surface area contributed by atoms with E-state index in [1.54, 1.807) is 12.1 Å². The van der Waals surface area contributed by atoms with Gasteiger partial charge in [-0.2, -0.15) is 0 Å². The summed E-state index contributed by atoms with van der Waals surface area (Å²) in [5.74, 6) is -0.394. The number of carbonyl (C=O) groups is 1. The average molecular weight is 275 g/mol. The van der Waals surface area contributed by atoms with Gasteiger partial charge in [-0.05, 0) is 17.2 Å². The Bertz CT molecular complexity index is 664. The molecule has 1 aliphatic rings. The van der Waals surface area contributed by atoms with Crippen LogP contribution in [0.15, 0.2) is 36.4 Å². The van der Waals surface area contributed by atoms with Gasteiger partial charge in [0.15, 0.2) is 0 Å². The SMILES string of the molecule is O=C(O)c1cc2c(cc1Cl)OCCc1ccccc1-2. The third-order valence-corrected chi connectivity index (χ3v) is 3.55. The lowest BCUT2D eigenvalue weighted by Crippen LogP contribution is -2.01. The van der Waals surface area contributed by atoms with E-state index in [2.05, 4.69) is 0 Å². The Morgan fingerprint density at radius 1 is 1.21 bits per heavy atom. The van der Waals surface area contributed by atoms with Gasteiger partial charge >= 0.3 is 5.97 Å². The van der Waals surface area contributed by atoms with Crippen molar-refractivity contribution in [3.63, 3.8) is 0 Å². The molecule has 96 valence electrons. The van der Waals surface area contributed by atoms with E-state index < -0.39 is 5.97 Å². The third-order valence-electron chi connectivity index (χ3n) is 3.24. The molecule has 4 heteroatoms. The summed E-state index contributed by atoms with van der Waals surface area (Å²) in [6.45, 7) is 0.562. The molecule has 0 aliphatic carbocycles. The maximum Gasteiger partial charge on any atom is 0.337 e. The second-order valence-electron chi connectivity index (χ2n) is 4.39. The van der Waals surface area contributed by atoms with Crippen molar-refractivity contribution < 1.29 is 14.6 Å². The molecule has 0 saturated carbocycles. The first-order chi connectivity index (χ1) is 9.16. The van der Waals surface area contributed by atoms with Gasteiger partial charge in [-0.1, -0.05) is 35.9 Å². The van der Waals surface area contributed by atoms with Crippen LogP contribution in [0.25, 0.3) is 11.1 Å². The Morgan fingerprint density at radius 3 is 2.79 bits per heavy atom. The summed E-state index contributed by atoms with van der Waals surface area (Å²) in [6, 6.07) is 11.1. The summed E-state index contributed by atoms with van der Waals surface area (Å²) < 4.78 is 5.67. The van der Waals surface area contributed by atoms with Gasteiger partial charge in [0.05, 0.1) is 17.2 Å². The number of rotatable bonds is 1. The molecule has 1 N–H and O–H groups in total. The zero-order chi connectivity index (χ0) is 13.4. The van der Waals surface area contributed by atoms with E-state index in [1.807, 2.05) is 24.3 Å². The topological polar surface area (TPSA) is 46.5 Å². The van der Waals surface area contributed by atoms with Crippen molar-refractivity contribution >= 4 is 17.6 Å². The van der Waals surface area contributed by atoms with E-state index in [0.29, 0.717) is 12.4 Å². The summed E-state index contributed by atoms with van der Waals surface area (Å²) >= 11 is 5.98. The molecule has 2 aromatic carbocycles. The van der Waals surface area contributed by atoms with E-state index in [0.717, 1.165) is 23.1 Å². The maximum absolute atomic E-state index is 11.2. The van der Waals surface area contributed by atoms with Crippen molar-refractivity contribution in [2.75, 3.05) is 6.61 Å². The molecule has 3 rings (SSSR count). The van der Waals surface area contributed by atoms with Gasteiger partial charge < -0.3 is 9.84 Å². The zero-order valence-electron chi connectivity index (χ0n) is 10.0. The average Bonchev–Trinajstić information content (AvgIpc) is 2.56. The molecule has 0 radical (unpaired) electrons. The van der Waals surface area contributed by atoms with Crippen LogP contribution in [-0.4, -0.2) is 17.7 Å². The lowest BCUT2D eigenvalue weighted by molar-refractivity contribution is 0.0697. The number of hydrogen-bond acceptors (Lipinski definition) is 2. The van der Waals surface area contributed by atoms with Crippen LogP contribution in [0.1, 0.15) is 15.9 Å². The molecule has 19 heavy (non-hydrogen) atoms. The number of carboxylic acids is 1. The van der Waals surface area contributed by atoms with E-state index in [4.69, 9.17) is 21.4 Å². The minimum atomic E-state index is -1.03.